The maximum Gasteiger partial charge on any atom is 0.328 e. The van der Waals surface area contributed by atoms with Gasteiger partial charge in [-0.25, -0.2) is 9.78 Å². The van der Waals surface area contributed by atoms with Crippen LogP contribution in [0.5, 0.6) is 0 Å². The molecule has 0 bridgehead atoms. The molecule has 0 unspecified atom stereocenters. The van der Waals surface area contributed by atoms with Crippen molar-refractivity contribution in [3.8, 4) is 0 Å². The van der Waals surface area contributed by atoms with E-state index in [1.165, 1.54) is 16.8 Å². The van der Waals surface area contributed by atoms with E-state index in [0.29, 0.717) is 17.2 Å². The fraction of sp³-hybridized carbons (Fsp3) is 0.286. The number of hydrogen-bond donors (Lipinski definition) is 2. The zero-order valence-corrected chi connectivity index (χ0v) is 12.7. The Hall–Kier alpha value is -2.90. The van der Waals surface area contributed by atoms with Crippen LogP contribution in [0, 0.1) is 6.92 Å². The van der Waals surface area contributed by atoms with Crippen molar-refractivity contribution in [2.24, 2.45) is 0 Å². The Balaban J connectivity index is 0.000000847. The van der Waals surface area contributed by atoms with Crippen LogP contribution < -0.4 is 17.0 Å². The minimum absolute atomic E-state index is 0.206. The highest BCUT2D eigenvalue weighted by Gasteiger charge is 2.09. The summed E-state index contributed by atoms with van der Waals surface area (Å²) >= 11 is 0. The van der Waals surface area contributed by atoms with Crippen molar-refractivity contribution in [3.05, 3.63) is 56.9 Å². The number of aromatic nitrogens is 5. The lowest BCUT2D eigenvalue weighted by Crippen LogP contribution is -2.29. The molecule has 8 nitrogen and oxygen atoms in total. The van der Waals surface area contributed by atoms with E-state index in [2.05, 4.69) is 15.0 Å². The number of nitrogens with two attached hydrogens (primary N) is 1. The summed E-state index contributed by atoms with van der Waals surface area (Å²) in [5.41, 5.74) is 6.73. The molecule has 3 aromatic heterocycles. The summed E-state index contributed by atoms with van der Waals surface area (Å²) < 4.78 is 3.12. The van der Waals surface area contributed by atoms with Gasteiger partial charge in [0.1, 0.15) is 11.5 Å². The second-order valence-electron chi connectivity index (χ2n) is 4.46. The van der Waals surface area contributed by atoms with Crippen LogP contribution >= 0.6 is 0 Å². The number of imidazole rings is 1. The van der Waals surface area contributed by atoms with Gasteiger partial charge in [0, 0.05) is 18.5 Å². The molecule has 3 aromatic rings. The third kappa shape index (κ3) is 3.05. The average molecular weight is 302 g/mol. The molecule has 0 aromatic carbocycles. The number of nitrogens with zero attached hydrogens (tertiary/aromatic N) is 4. The summed E-state index contributed by atoms with van der Waals surface area (Å²) in [4.78, 5) is 33.5. The maximum absolute atomic E-state index is 11.7. The molecule has 3 heterocycles. The maximum atomic E-state index is 11.7. The Morgan fingerprint density at radius 1 is 1.23 bits per heavy atom. The quantitative estimate of drug-likeness (QED) is 0.718. The Kier molecular flexibility index (Phi) is 4.40. The number of anilines is 1. The van der Waals surface area contributed by atoms with E-state index >= 15 is 0 Å². The normalized spacial score (nSPS) is 10.3. The number of aromatic amines is 1. The van der Waals surface area contributed by atoms with Crippen molar-refractivity contribution in [2.75, 3.05) is 5.73 Å². The number of nitrogen functional groups attached to an aromatic ring is 1. The van der Waals surface area contributed by atoms with Gasteiger partial charge >= 0.3 is 5.69 Å². The molecule has 3 rings (SSSR count). The standard InChI is InChI=1S/C12H12N6O2.C2H6/c1-7-4-18-6-9(13)15-11(18)8(14-7)5-17-3-2-10(19)16-12(17)20;1-2/h2-4,6H,5,13H2,1H3,(H,16,19,20);1-2H3. The summed E-state index contributed by atoms with van der Waals surface area (Å²) in [6.45, 7) is 6.05. The van der Waals surface area contributed by atoms with Crippen LogP contribution in [-0.2, 0) is 6.54 Å². The van der Waals surface area contributed by atoms with Gasteiger partial charge in [0.25, 0.3) is 5.56 Å². The van der Waals surface area contributed by atoms with Gasteiger partial charge in [-0.1, -0.05) is 13.8 Å². The van der Waals surface area contributed by atoms with E-state index < -0.39 is 11.2 Å². The molecule has 0 saturated carbocycles. The number of fused-ring (bicyclic) bond motifs is 1. The first-order chi connectivity index (χ1) is 10.5. The number of hydrogen-bond acceptors (Lipinski definition) is 5. The van der Waals surface area contributed by atoms with Gasteiger partial charge in [-0.3, -0.25) is 19.3 Å². The highest BCUT2D eigenvalue weighted by atomic mass is 16.2. The van der Waals surface area contributed by atoms with E-state index in [1.54, 1.807) is 16.8 Å². The Morgan fingerprint density at radius 3 is 2.64 bits per heavy atom. The molecule has 3 N–H and O–H groups in total. The summed E-state index contributed by atoms with van der Waals surface area (Å²) in [7, 11) is 0. The highest BCUT2D eigenvalue weighted by molar-refractivity contribution is 5.50. The Labute approximate surface area is 126 Å². The lowest BCUT2D eigenvalue weighted by molar-refractivity contribution is 0.702. The summed E-state index contributed by atoms with van der Waals surface area (Å²) in [6, 6.07) is 1.29. The van der Waals surface area contributed by atoms with Gasteiger partial charge in [-0.2, -0.15) is 0 Å². The van der Waals surface area contributed by atoms with Crippen LogP contribution in [0.3, 0.4) is 0 Å². The van der Waals surface area contributed by atoms with E-state index in [9.17, 15) is 9.59 Å². The third-order valence-corrected chi connectivity index (χ3v) is 2.86. The lowest BCUT2D eigenvalue weighted by atomic mass is 10.3. The number of nitrogens with one attached hydrogen (secondary N) is 1. The van der Waals surface area contributed by atoms with E-state index in [-0.39, 0.29) is 6.54 Å². The van der Waals surface area contributed by atoms with Crippen molar-refractivity contribution in [2.45, 2.75) is 27.3 Å². The molecular formula is C14H18N6O2. The van der Waals surface area contributed by atoms with Crippen LogP contribution in [0.2, 0.25) is 0 Å². The molecule has 0 aliphatic rings. The van der Waals surface area contributed by atoms with E-state index in [0.717, 1.165) is 5.69 Å². The predicted octanol–water partition coefficient (Wildman–Crippen LogP) is 0.544. The van der Waals surface area contributed by atoms with Gasteiger partial charge in [-0.05, 0) is 6.92 Å². The first kappa shape index (κ1) is 15.5. The molecule has 0 radical (unpaired) electrons. The summed E-state index contributed by atoms with van der Waals surface area (Å²) in [5, 5.41) is 0. The molecule has 116 valence electrons. The molecule has 8 heteroatoms. The molecule has 0 saturated heterocycles. The van der Waals surface area contributed by atoms with Crippen LogP contribution in [0.4, 0.5) is 5.82 Å². The molecule has 0 atom stereocenters. The van der Waals surface area contributed by atoms with Gasteiger partial charge in [0.15, 0.2) is 5.65 Å². The van der Waals surface area contributed by atoms with Crippen molar-refractivity contribution < 1.29 is 0 Å². The van der Waals surface area contributed by atoms with Gasteiger partial charge in [0.2, 0.25) is 0 Å². The monoisotopic (exact) mass is 302 g/mol. The second kappa shape index (κ2) is 6.25. The molecule has 0 spiro atoms. The van der Waals surface area contributed by atoms with Gasteiger partial charge in [-0.15, -0.1) is 0 Å². The van der Waals surface area contributed by atoms with Gasteiger partial charge in [0.05, 0.1) is 18.4 Å². The SMILES string of the molecule is CC.Cc1cn2cc(N)nc2c(Cn2ccc(=O)[nH]c2=O)n1. The zero-order chi connectivity index (χ0) is 16.3. The van der Waals surface area contributed by atoms with E-state index in [4.69, 9.17) is 5.73 Å². The number of aryl methyl sites for hydroxylation is 1. The number of rotatable bonds is 2. The first-order valence-electron chi connectivity index (χ1n) is 6.93. The van der Waals surface area contributed by atoms with Crippen molar-refractivity contribution in [1.82, 2.24) is 23.9 Å². The lowest BCUT2D eigenvalue weighted by Gasteiger charge is -2.06. The first-order valence-corrected chi connectivity index (χ1v) is 6.93. The molecule has 22 heavy (non-hydrogen) atoms. The molecule has 0 amide bonds. The number of H-pyrrole nitrogens is 1. The molecule has 0 fully saturated rings. The highest BCUT2D eigenvalue weighted by Crippen LogP contribution is 2.12. The molecular weight excluding hydrogens is 284 g/mol. The fourth-order valence-electron chi connectivity index (χ4n) is 2.05. The molecule has 0 aliphatic heterocycles. The van der Waals surface area contributed by atoms with Gasteiger partial charge < -0.3 is 10.1 Å². The zero-order valence-electron chi connectivity index (χ0n) is 12.7. The van der Waals surface area contributed by atoms with Crippen LogP contribution in [0.1, 0.15) is 25.2 Å². The fourth-order valence-corrected chi connectivity index (χ4v) is 2.05. The molecule has 0 aliphatic carbocycles. The van der Waals surface area contributed by atoms with Crippen molar-refractivity contribution in [3.63, 3.8) is 0 Å². The Bertz CT molecular complexity index is 906. The Morgan fingerprint density at radius 2 is 1.95 bits per heavy atom. The topological polar surface area (TPSA) is 111 Å². The largest absolute Gasteiger partial charge is 0.382 e. The average Bonchev–Trinajstić information content (AvgIpc) is 2.84. The van der Waals surface area contributed by atoms with E-state index in [1.807, 2.05) is 20.8 Å². The van der Waals surface area contributed by atoms with Crippen LogP contribution in [-0.4, -0.2) is 23.9 Å². The summed E-state index contributed by atoms with van der Waals surface area (Å²) in [5.74, 6) is 0.382. The van der Waals surface area contributed by atoms with Crippen molar-refractivity contribution >= 4 is 11.5 Å². The minimum Gasteiger partial charge on any atom is -0.382 e. The predicted molar refractivity (Wildman–Crippen MR) is 83.9 cm³/mol. The third-order valence-electron chi connectivity index (χ3n) is 2.86. The van der Waals surface area contributed by atoms with Crippen LogP contribution in [0.25, 0.3) is 5.65 Å². The van der Waals surface area contributed by atoms with Crippen molar-refractivity contribution in [1.29, 1.82) is 0 Å². The smallest absolute Gasteiger partial charge is 0.328 e. The van der Waals surface area contributed by atoms with Crippen LogP contribution in [0.15, 0.2) is 34.2 Å². The minimum atomic E-state index is -0.488. The second-order valence-corrected chi connectivity index (χ2v) is 4.46. The summed E-state index contributed by atoms with van der Waals surface area (Å²) in [6.07, 6.45) is 4.91.